The molecule has 0 heterocycles. The summed E-state index contributed by atoms with van der Waals surface area (Å²) in [6.07, 6.45) is 12.8. The fourth-order valence-electron chi connectivity index (χ4n) is 7.94. The molecule has 0 aromatic carbocycles. The summed E-state index contributed by atoms with van der Waals surface area (Å²) in [6, 6.07) is 0. The van der Waals surface area contributed by atoms with Gasteiger partial charge in [-0.05, 0) is 106 Å². The normalized spacial score (nSPS) is 55.0. The highest BCUT2D eigenvalue weighted by molar-refractivity contribution is 5.02. The van der Waals surface area contributed by atoms with Crippen LogP contribution in [0.1, 0.15) is 78.1 Å². The lowest BCUT2D eigenvalue weighted by Crippen LogP contribution is -2.51. The molecule has 9 atom stereocenters. The van der Waals surface area contributed by atoms with E-state index in [1.54, 1.807) is 0 Å². The first kappa shape index (κ1) is 17.3. The SMILES string of the molecule is C[C@H]1C[C@H]2[C@@H](CC[C@@H]3C[C@](C)(O)CC[C@@H]32)[C@@H]2CCCC[C@H](CO)[C@H]21. The topological polar surface area (TPSA) is 40.5 Å². The molecule has 4 rings (SSSR count). The summed E-state index contributed by atoms with van der Waals surface area (Å²) in [5.74, 6) is 6.49. The third-order valence-corrected chi connectivity index (χ3v) is 8.78. The van der Waals surface area contributed by atoms with Gasteiger partial charge in [0.15, 0.2) is 0 Å². The predicted molar refractivity (Wildman–Crippen MR) is 97.5 cm³/mol. The molecule has 0 aliphatic heterocycles. The van der Waals surface area contributed by atoms with Crippen LogP contribution in [0.25, 0.3) is 0 Å². The van der Waals surface area contributed by atoms with Crippen LogP contribution in [0.5, 0.6) is 0 Å². The molecule has 138 valence electrons. The highest BCUT2D eigenvalue weighted by Gasteiger charge is 2.52. The molecule has 2 nitrogen and oxygen atoms in total. The Balaban J connectivity index is 1.57. The molecule has 24 heavy (non-hydrogen) atoms. The number of rotatable bonds is 1. The Kier molecular flexibility index (Phi) is 4.75. The Morgan fingerprint density at radius 1 is 0.917 bits per heavy atom. The lowest BCUT2D eigenvalue weighted by Gasteiger charge is -2.57. The summed E-state index contributed by atoms with van der Waals surface area (Å²) in [4.78, 5) is 0. The molecule has 0 aromatic heterocycles. The Labute approximate surface area is 148 Å². The van der Waals surface area contributed by atoms with E-state index in [-0.39, 0.29) is 0 Å². The summed E-state index contributed by atoms with van der Waals surface area (Å²) in [6.45, 7) is 4.97. The quantitative estimate of drug-likeness (QED) is 0.733. The average Bonchev–Trinajstić information content (AvgIpc) is 2.76. The van der Waals surface area contributed by atoms with Crippen molar-refractivity contribution in [3.05, 3.63) is 0 Å². The largest absolute Gasteiger partial charge is 0.396 e. The Morgan fingerprint density at radius 2 is 1.71 bits per heavy atom. The maximum absolute atomic E-state index is 10.5. The third-order valence-electron chi connectivity index (χ3n) is 8.78. The van der Waals surface area contributed by atoms with Crippen LogP contribution in [-0.2, 0) is 0 Å². The molecular formula is C22H38O2. The molecule has 4 fully saturated rings. The maximum Gasteiger partial charge on any atom is 0.0622 e. The molecule has 2 N–H and O–H groups in total. The van der Waals surface area contributed by atoms with E-state index in [0.717, 1.165) is 54.3 Å². The van der Waals surface area contributed by atoms with Gasteiger partial charge in [0.25, 0.3) is 0 Å². The van der Waals surface area contributed by atoms with Crippen LogP contribution in [0, 0.1) is 47.3 Å². The first-order valence-electron chi connectivity index (χ1n) is 10.8. The van der Waals surface area contributed by atoms with Gasteiger partial charge in [0, 0.05) is 6.61 Å². The molecule has 0 aromatic rings. The van der Waals surface area contributed by atoms with Gasteiger partial charge in [-0.25, -0.2) is 0 Å². The van der Waals surface area contributed by atoms with Crippen molar-refractivity contribution in [2.75, 3.05) is 6.61 Å². The predicted octanol–water partition coefficient (Wildman–Crippen LogP) is 4.63. The lowest BCUT2D eigenvalue weighted by molar-refractivity contribution is -0.105. The zero-order valence-electron chi connectivity index (χ0n) is 15.8. The van der Waals surface area contributed by atoms with E-state index in [2.05, 4.69) is 13.8 Å². The number of aliphatic hydroxyl groups excluding tert-OH is 1. The molecule has 0 unspecified atom stereocenters. The van der Waals surface area contributed by atoms with Crippen LogP contribution < -0.4 is 0 Å². The molecular weight excluding hydrogens is 296 g/mol. The second-order valence-corrected chi connectivity index (χ2v) is 10.3. The molecule has 0 spiro atoms. The monoisotopic (exact) mass is 334 g/mol. The summed E-state index contributed by atoms with van der Waals surface area (Å²) in [7, 11) is 0. The molecule has 0 bridgehead atoms. The number of hydrogen-bond acceptors (Lipinski definition) is 2. The van der Waals surface area contributed by atoms with Gasteiger partial charge in [0.2, 0.25) is 0 Å². The summed E-state index contributed by atoms with van der Waals surface area (Å²) < 4.78 is 0. The van der Waals surface area contributed by atoms with Crippen LogP contribution in [-0.4, -0.2) is 22.4 Å². The van der Waals surface area contributed by atoms with E-state index in [0.29, 0.717) is 12.5 Å². The first-order chi connectivity index (χ1) is 11.5. The van der Waals surface area contributed by atoms with Crippen LogP contribution in [0.3, 0.4) is 0 Å². The Morgan fingerprint density at radius 3 is 2.50 bits per heavy atom. The number of hydrogen-bond donors (Lipinski definition) is 2. The third kappa shape index (κ3) is 2.96. The van der Waals surface area contributed by atoms with Crippen molar-refractivity contribution in [3.8, 4) is 0 Å². The standard InChI is InChI=1S/C22H38O2/c1-14-11-20-17-9-10-22(2,24)12-15(17)7-8-18(20)19-6-4-3-5-16(13-23)21(14)19/h14-21,23-24H,3-13H2,1-2H3/t14-,15+,16+,17-,18-,19-,20+,21+,22+/m0/s1. The molecule has 0 saturated heterocycles. The van der Waals surface area contributed by atoms with Crippen LogP contribution >= 0.6 is 0 Å². The zero-order chi connectivity index (χ0) is 16.9. The van der Waals surface area contributed by atoms with Gasteiger partial charge in [0.05, 0.1) is 5.60 Å². The highest BCUT2D eigenvalue weighted by atomic mass is 16.3. The molecule has 4 aliphatic carbocycles. The van der Waals surface area contributed by atoms with E-state index in [1.165, 1.54) is 51.4 Å². The molecule has 0 amide bonds. The van der Waals surface area contributed by atoms with Gasteiger partial charge < -0.3 is 10.2 Å². The van der Waals surface area contributed by atoms with E-state index >= 15 is 0 Å². The van der Waals surface area contributed by atoms with Crippen molar-refractivity contribution in [3.63, 3.8) is 0 Å². The van der Waals surface area contributed by atoms with E-state index < -0.39 is 5.60 Å². The highest BCUT2D eigenvalue weighted by Crippen LogP contribution is 2.59. The van der Waals surface area contributed by atoms with Crippen molar-refractivity contribution in [2.24, 2.45) is 47.3 Å². The van der Waals surface area contributed by atoms with Gasteiger partial charge in [-0.2, -0.15) is 0 Å². The summed E-state index contributed by atoms with van der Waals surface area (Å²) in [5, 5.41) is 20.5. The fraction of sp³-hybridized carbons (Fsp3) is 1.00. The molecule has 4 saturated carbocycles. The first-order valence-corrected chi connectivity index (χ1v) is 10.8. The summed E-state index contributed by atoms with van der Waals surface area (Å²) >= 11 is 0. The number of aliphatic hydroxyl groups is 2. The van der Waals surface area contributed by atoms with Gasteiger partial charge in [0.1, 0.15) is 0 Å². The fourth-order valence-corrected chi connectivity index (χ4v) is 7.94. The molecule has 2 heteroatoms. The average molecular weight is 335 g/mol. The summed E-state index contributed by atoms with van der Waals surface area (Å²) in [5.41, 5.74) is -0.402. The minimum Gasteiger partial charge on any atom is -0.396 e. The van der Waals surface area contributed by atoms with E-state index in [1.807, 2.05) is 0 Å². The number of fused-ring (bicyclic) bond motifs is 5. The lowest BCUT2D eigenvalue weighted by atomic mass is 9.49. The van der Waals surface area contributed by atoms with Crippen LogP contribution in [0.2, 0.25) is 0 Å². The van der Waals surface area contributed by atoms with Crippen molar-refractivity contribution >= 4 is 0 Å². The maximum atomic E-state index is 10.5. The van der Waals surface area contributed by atoms with Gasteiger partial charge in [-0.1, -0.05) is 19.8 Å². The van der Waals surface area contributed by atoms with Gasteiger partial charge in [-0.3, -0.25) is 0 Å². The molecule has 4 aliphatic rings. The van der Waals surface area contributed by atoms with Gasteiger partial charge >= 0.3 is 0 Å². The van der Waals surface area contributed by atoms with Crippen LogP contribution in [0.4, 0.5) is 0 Å². The second-order valence-electron chi connectivity index (χ2n) is 10.3. The second kappa shape index (κ2) is 6.58. The Bertz CT molecular complexity index is 445. The van der Waals surface area contributed by atoms with Gasteiger partial charge in [-0.15, -0.1) is 0 Å². The molecule has 0 radical (unpaired) electrons. The smallest absolute Gasteiger partial charge is 0.0622 e. The van der Waals surface area contributed by atoms with Crippen LogP contribution in [0.15, 0.2) is 0 Å². The minimum absolute atomic E-state index is 0.402. The van der Waals surface area contributed by atoms with Crippen molar-refractivity contribution < 1.29 is 10.2 Å². The van der Waals surface area contributed by atoms with Crippen molar-refractivity contribution in [1.82, 2.24) is 0 Å². The van der Waals surface area contributed by atoms with Crippen molar-refractivity contribution in [1.29, 1.82) is 0 Å². The van der Waals surface area contributed by atoms with E-state index in [9.17, 15) is 10.2 Å². The Hall–Kier alpha value is -0.0800. The van der Waals surface area contributed by atoms with Crippen molar-refractivity contribution in [2.45, 2.75) is 83.7 Å². The minimum atomic E-state index is -0.402. The zero-order valence-corrected chi connectivity index (χ0v) is 15.8. The van der Waals surface area contributed by atoms with E-state index in [4.69, 9.17) is 0 Å².